The average molecular weight is 475 g/mol. The van der Waals surface area contributed by atoms with Gasteiger partial charge in [0, 0.05) is 13.2 Å². The van der Waals surface area contributed by atoms with Gasteiger partial charge in [0.25, 0.3) is 5.91 Å². The van der Waals surface area contributed by atoms with Crippen LogP contribution in [0.3, 0.4) is 0 Å². The van der Waals surface area contributed by atoms with Gasteiger partial charge in [0.1, 0.15) is 16.9 Å². The SMILES string of the molecule is CCOc1cc(/C=N\n2c(N)c(C(=O)NC[C@H]3CCCO3)c3nc4ccccc4nc32)ccc1O. The van der Waals surface area contributed by atoms with Crippen molar-refractivity contribution in [1.29, 1.82) is 0 Å². The molecule has 0 spiro atoms. The van der Waals surface area contributed by atoms with Crippen LogP contribution < -0.4 is 15.8 Å². The van der Waals surface area contributed by atoms with Crippen LogP contribution in [0.4, 0.5) is 5.82 Å². The Morgan fingerprint density at radius 2 is 2.11 bits per heavy atom. The molecule has 4 aromatic rings. The van der Waals surface area contributed by atoms with Gasteiger partial charge in [0.2, 0.25) is 0 Å². The lowest BCUT2D eigenvalue weighted by molar-refractivity contribution is 0.0859. The molecule has 2 aromatic carbocycles. The molecule has 1 aliphatic heterocycles. The first-order valence-electron chi connectivity index (χ1n) is 11.5. The Labute approximate surface area is 201 Å². The van der Waals surface area contributed by atoms with Crippen molar-refractivity contribution in [3.05, 3.63) is 53.6 Å². The number of benzene rings is 2. The number of nitrogen functional groups attached to an aromatic ring is 1. The molecule has 10 nitrogen and oxygen atoms in total. The lowest BCUT2D eigenvalue weighted by Crippen LogP contribution is -2.32. The van der Waals surface area contributed by atoms with E-state index in [1.165, 1.54) is 10.7 Å². The number of aromatic nitrogens is 3. The monoisotopic (exact) mass is 474 g/mol. The van der Waals surface area contributed by atoms with Crippen LogP contribution in [0.15, 0.2) is 47.6 Å². The molecule has 4 N–H and O–H groups in total. The van der Waals surface area contributed by atoms with E-state index >= 15 is 0 Å². The van der Waals surface area contributed by atoms with Gasteiger partial charge >= 0.3 is 0 Å². The van der Waals surface area contributed by atoms with Crippen molar-refractivity contribution < 1.29 is 19.4 Å². The number of fused-ring (bicyclic) bond motifs is 2. The van der Waals surface area contributed by atoms with Crippen molar-refractivity contribution in [2.24, 2.45) is 5.10 Å². The molecule has 1 aliphatic rings. The molecule has 3 heterocycles. The van der Waals surface area contributed by atoms with E-state index in [9.17, 15) is 9.90 Å². The molecule has 0 saturated carbocycles. The van der Waals surface area contributed by atoms with Gasteiger partial charge < -0.3 is 25.6 Å². The van der Waals surface area contributed by atoms with E-state index in [1.807, 2.05) is 31.2 Å². The molecule has 0 unspecified atom stereocenters. The number of hydrogen-bond donors (Lipinski definition) is 3. The van der Waals surface area contributed by atoms with Crippen LogP contribution in [0, 0.1) is 0 Å². The fourth-order valence-corrected chi connectivity index (χ4v) is 4.09. The maximum atomic E-state index is 13.2. The molecule has 1 saturated heterocycles. The highest BCUT2D eigenvalue weighted by atomic mass is 16.5. The van der Waals surface area contributed by atoms with Gasteiger partial charge in [0.05, 0.1) is 30.0 Å². The molecule has 0 aliphatic carbocycles. The maximum absolute atomic E-state index is 13.2. The minimum atomic E-state index is -0.357. The first-order valence-corrected chi connectivity index (χ1v) is 11.5. The molecular weight excluding hydrogens is 448 g/mol. The third kappa shape index (κ3) is 4.47. The second kappa shape index (κ2) is 9.59. The summed E-state index contributed by atoms with van der Waals surface area (Å²) in [5.74, 6) is 0.157. The van der Waals surface area contributed by atoms with E-state index in [0.29, 0.717) is 53.3 Å². The molecule has 10 heteroatoms. The number of amides is 1. The van der Waals surface area contributed by atoms with Gasteiger partial charge in [-0.15, -0.1) is 0 Å². The zero-order chi connectivity index (χ0) is 24.4. The van der Waals surface area contributed by atoms with E-state index in [0.717, 1.165) is 12.8 Å². The van der Waals surface area contributed by atoms with Crippen molar-refractivity contribution >= 4 is 40.1 Å². The van der Waals surface area contributed by atoms with E-state index < -0.39 is 0 Å². The van der Waals surface area contributed by atoms with Crippen molar-refractivity contribution in [3.8, 4) is 11.5 Å². The van der Waals surface area contributed by atoms with E-state index in [2.05, 4.69) is 20.4 Å². The van der Waals surface area contributed by atoms with Gasteiger partial charge in [0.15, 0.2) is 17.1 Å². The van der Waals surface area contributed by atoms with Gasteiger partial charge in [-0.2, -0.15) is 9.78 Å². The van der Waals surface area contributed by atoms with Gasteiger partial charge in [-0.25, -0.2) is 9.97 Å². The molecule has 1 atom stereocenters. The van der Waals surface area contributed by atoms with Crippen molar-refractivity contribution in [2.45, 2.75) is 25.9 Å². The molecule has 5 rings (SSSR count). The second-order valence-corrected chi connectivity index (χ2v) is 8.21. The second-order valence-electron chi connectivity index (χ2n) is 8.21. The normalized spacial score (nSPS) is 15.9. The summed E-state index contributed by atoms with van der Waals surface area (Å²) >= 11 is 0. The summed E-state index contributed by atoms with van der Waals surface area (Å²) in [7, 11) is 0. The lowest BCUT2D eigenvalue weighted by Gasteiger charge is -2.10. The molecular formula is C25H26N6O4. The number of anilines is 1. The topological polar surface area (TPSA) is 137 Å². The van der Waals surface area contributed by atoms with Crippen molar-refractivity contribution in [3.63, 3.8) is 0 Å². The largest absolute Gasteiger partial charge is 0.504 e. The summed E-state index contributed by atoms with van der Waals surface area (Å²) in [5, 5.41) is 17.4. The smallest absolute Gasteiger partial charge is 0.257 e. The number of phenolic OH excluding ortho intramolecular Hbond substituents is 1. The molecule has 35 heavy (non-hydrogen) atoms. The van der Waals surface area contributed by atoms with Crippen molar-refractivity contribution in [1.82, 2.24) is 20.0 Å². The number of nitrogens with two attached hydrogens (primary N) is 1. The number of nitrogens with zero attached hydrogens (tertiary/aromatic N) is 4. The molecule has 2 aromatic heterocycles. The summed E-state index contributed by atoms with van der Waals surface area (Å²) in [6.45, 7) is 3.34. The number of rotatable bonds is 7. The van der Waals surface area contributed by atoms with Gasteiger partial charge in [-0.05, 0) is 55.7 Å². The van der Waals surface area contributed by atoms with Crippen LogP contribution in [-0.4, -0.2) is 57.7 Å². The highest BCUT2D eigenvalue weighted by molar-refractivity contribution is 6.10. The van der Waals surface area contributed by atoms with Crippen LogP contribution in [-0.2, 0) is 4.74 Å². The Morgan fingerprint density at radius 1 is 1.31 bits per heavy atom. The number of aromatic hydroxyl groups is 1. The highest BCUT2D eigenvalue weighted by Gasteiger charge is 2.25. The zero-order valence-corrected chi connectivity index (χ0v) is 19.3. The standard InChI is InChI=1S/C25H26N6O4/c1-2-34-20-12-15(9-10-19(20)32)13-28-31-23(26)21(25(33)27-14-16-6-5-11-35-16)22-24(31)30-18-8-4-3-7-17(18)29-22/h3-4,7-10,12-13,16,32H,2,5-6,11,14,26H2,1H3,(H,27,33)/b28-13-/t16-/m1/s1. The number of phenols is 1. The van der Waals surface area contributed by atoms with Crippen LogP contribution in [0.5, 0.6) is 11.5 Å². The summed E-state index contributed by atoms with van der Waals surface area (Å²) in [5.41, 5.74) is 9.36. The Morgan fingerprint density at radius 3 is 2.86 bits per heavy atom. The minimum Gasteiger partial charge on any atom is -0.504 e. The quantitative estimate of drug-likeness (QED) is 0.350. The Hall–Kier alpha value is -4.18. The number of carbonyl (C=O) groups excluding carboxylic acids is 1. The Bertz CT molecular complexity index is 1420. The van der Waals surface area contributed by atoms with Crippen LogP contribution >= 0.6 is 0 Å². The molecule has 1 fully saturated rings. The summed E-state index contributed by atoms with van der Waals surface area (Å²) < 4.78 is 12.5. The fourth-order valence-electron chi connectivity index (χ4n) is 4.09. The lowest BCUT2D eigenvalue weighted by atomic mass is 10.2. The zero-order valence-electron chi connectivity index (χ0n) is 19.3. The summed E-state index contributed by atoms with van der Waals surface area (Å²) in [4.78, 5) is 22.6. The minimum absolute atomic E-state index is 0.00695. The number of nitrogens with one attached hydrogen (secondary N) is 1. The third-order valence-electron chi connectivity index (χ3n) is 5.82. The van der Waals surface area contributed by atoms with E-state index in [-0.39, 0.29) is 29.1 Å². The van der Waals surface area contributed by atoms with Gasteiger partial charge in [-0.1, -0.05) is 12.1 Å². The van der Waals surface area contributed by atoms with Gasteiger partial charge in [-0.3, -0.25) is 4.79 Å². The Kier molecular flexibility index (Phi) is 6.19. The fraction of sp³-hybridized carbons (Fsp3) is 0.280. The summed E-state index contributed by atoms with van der Waals surface area (Å²) in [6.07, 6.45) is 3.44. The van der Waals surface area contributed by atoms with Crippen LogP contribution in [0.25, 0.3) is 22.2 Å². The van der Waals surface area contributed by atoms with Crippen molar-refractivity contribution in [2.75, 3.05) is 25.5 Å². The number of para-hydroxylation sites is 2. The Balaban J connectivity index is 1.56. The third-order valence-corrected chi connectivity index (χ3v) is 5.82. The first kappa shape index (κ1) is 22.6. The average Bonchev–Trinajstić information content (AvgIpc) is 3.47. The van der Waals surface area contributed by atoms with E-state index in [1.54, 1.807) is 18.3 Å². The molecule has 180 valence electrons. The van der Waals surface area contributed by atoms with Crippen LogP contribution in [0.1, 0.15) is 35.7 Å². The first-order chi connectivity index (χ1) is 17.0. The molecule has 1 amide bonds. The maximum Gasteiger partial charge on any atom is 0.257 e. The predicted molar refractivity (Wildman–Crippen MR) is 133 cm³/mol. The molecule has 0 bridgehead atoms. The number of carbonyl (C=O) groups is 1. The van der Waals surface area contributed by atoms with E-state index in [4.69, 9.17) is 15.2 Å². The number of hydrogen-bond acceptors (Lipinski definition) is 8. The molecule has 0 radical (unpaired) electrons. The predicted octanol–water partition coefficient (Wildman–Crippen LogP) is 3.06. The highest BCUT2D eigenvalue weighted by Crippen LogP contribution is 2.29. The number of ether oxygens (including phenoxy) is 2. The van der Waals surface area contributed by atoms with Crippen LogP contribution in [0.2, 0.25) is 0 Å². The summed E-state index contributed by atoms with van der Waals surface area (Å²) in [6, 6.07) is 12.3.